The fourth-order valence-electron chi connectivity index (χ4n) is 2.59. The summed E-state index contributed by atoms with van der Waals surface area (Å²) in [6, 6.07) is 6.04. The van der Waals surface area contributed by atoms with Gasteiger partial charge < -0.3 is 5.32 Å². The molecule has 1 aromatic rings. The lowest BCUT2D eigenvalue weighted by molar-refractivity contribution is 0.581. The minimum absolute atomic E-state index is 0.167. The van der Waals surface area contributed by atoms with Crippen molar-refractivity contribution in [3.05, 3.63) is 29.3 Å². The quantitative estimate of drug-likeness (QED) is 0.818. The van der Waals surface area contributed by atoms with Crippen molar-refractivity contribution in [3.63, 3.8) is 0 Å². The highest BCUT2D eigenvalue weighted by molar-refractivity contribution is 7.92. The van der Waals surface area contributed by atoms with E-state index in [2.05, 4.69) is 18.3 Å². The van der Waals surface area contributed by atoms with Crippen LogP contribution < -0.4 is 9.62 Å². The topological polar surface area (TPSA) is 49.4 Å². The molecular weight excluding hydrogens is 272 g/mol. The molecule has 0 atom stereocenters. The molecule has 20 heavy (non-hydrogen) atoms. The van der Waals surface area contributed by atoms with Crippen LogP contribution >= 0.6 is 0 Å². The van der Waals surface area contributed by atoms with Crippen LogP contribution in [-0.4, -0.2) is 33.8 Å². The molecule has 112 valence electrons. The third kappa shape index (κ3) is 3.52. The number of nitrogens with zero attached hydrogens (tertiary/aromatic N) is 1. The number of benzene rings is 1. The van der Waals surface area contributed by atoms with Crippen molar-refractivity contribution in [1.29, 1.82) is 0 Å². The second-order valence-electron chi connectivity index (χ2n) is 5.37. The number of rotatable bonds is 6. The fraction of sp³-hybridized carbons (Fsp3) is 0.600. The van der Waals surface area contributed by atoms with Crippen LogP contribution in [0.3, 0.4) is 0 Å². The molecule has 4 nitrogen and oxygen atoms in total. The van der Waals surface area contributed by atoms with Gasteiger partial charge in [0.1, 0.15) is 0 Å². The molecule has 0 bridgehead atoms. The summed E-state index contributed by atoms with van der Waals surface area (Å²) in [7, 11) is -3.22. The van der Waals surface area contributed by atoms with E-state index in [0.717, 1.165) is 37.1 Å². The SMILES string of the molecule is CCCNCCS(=O)(=O)N1CCCc2cc(C)ccc21. The van der Waals surface area contributed by atoms with Crippen LogP contribution in [0.5, 0.6) is 0 Å². The standard InChI is InChI=1S/C15H24N2O2S/c1-3-8-16-9-11-20(18,19)17-10-4-5-14-12-13(2)6-7-15(14)17/h6-7,12,16H,3-5,8-11H2,1-2H3. The lowest BCUT2D eigenvalue weighted by Crippen LogP contribution is -2.39. The zero-order valence-corrected chi connectivity index (χ0v) is 13.2. The maximum atomic E-state index is 12.5. The minimum atomic E-state index is -3.22. The molecule has 1 heterocycles. The minimum Gasteiger partial charge on any atom is -0.316 e. The number of hydrogen-bond donors (Lipinski definition) is 1. The van der Waals surface area contributed by atoms with Gasteiger partial charge in [-0.25, -0.2) is 8.42 Å². The van der Waals surface area contributed by atoms with Gasteiger partial charge in [-0.3, -0.25) is 4.31 Å². The van der Waals surface area contributed by atoms with Crippen LogP contribution in [0.15, 0.2) is 18.2 Å². The van der Waals surface area contributed by atoms with Crippen molar-refractivity contribution in [3.8, 4) is 0 Å². The molecule has 0 radical (unpaired) electrons. The van der Waals surface area contributed by atoms with Gasteiger partial charge in [-0.05, 0) is 44.4 Å². The Morgan fingerprint density at radius 2 is 2.10 bits per heavy atom. The average Bonchev–Trinajstić information content (AvgIpc) is 2.42. The monoisotopic (exact) mass is 296 g/mol. The van der Waals surface area contributed by atoms with E-state index in [-0.39, 0.29) is 5.75 Å². The van der Waals surface area contributed by atoms with Crippen molar-refractivity contribution in [1.82, 2.24) is 5.32 Å². The lowest BCUT2D eigenvalue weighted by Gasteiger charge is -2.30. The number of sulfonamides is 1. The molecule has 2 rings (SSSR count). The molecule has 5 heteroatoms. The number of hydrogen-bond acceptors (Lipinski definition) is 3. The maximum absolute atomic E-state index is 12.5. The second kappa shape index (κ2) is 6.59. The molecule has 0 amide bonds. The molecule has 0 spiro atoms. The summed E-state index contributed by atoms with van der Waals surface area (Å²) in [5.74, 6) is 0.167. The Labute approximate surface area is 122 Å². The Bertz CT molecular complexity index is 555. The van der Waals surface area contributed by atoms with Crippen LogP contribution in [0.1, 0.15) is 30.9 Å². The van der Waals surface area contributed by atoms with Crippen molar-refractivity contribution < 1.29 is 8.42 Å². The van der Waals surface area contributed by atoms with Gasteiger partial charge in [0.15, 0.2) is 0 Å². The summed E-state index contributed by atoms with van der Waals surface area (Å²) < 4.78 is 26.6. The van der Waals surface area contributed by atoms with E-state index in [9.17, 15) is 8.42 Å². The smallest absolute Gasteiger partial charge is 0.236 e. The third-order valence-corrected chi connectivity index (χ3v) is 5.38. The van der Waals surface area contributed by atoms with Crippen LogP contribution in [0.2, 0.25) is 0 Å². The molecule has 1 aliphatic heterocycles. The van der Waals surface area contributed by atoms with E-state index in [1.807, 2.05) is 19.1 Å². The largest absolute Gasteiger partial charge is 0.316 e. The summed E-state index contributed by atoms with van der Waals surface area (Å²) in [5.41, 5.74) is 3.21. The van der Waals surface area contributed by atoms with E-state index in [1.165, 1.54) is 5.56 Å². The fourth-order valence-corrected chi connectivity index (χ4v) is 4.10. The van der Waals surface area contributed by atoms with Gasteiger partial charge in [0.2, 0.25) is 10.0 Å². The van der Waals surface area contributed by atoms with E-state index in [1.54, 1.807) is 4.31 Å². The molecule has 0 fully saturated rings. The van der Waals surface area contributed by atoms with Gasteiger partial charge in [0.25, 0.3) is 0 Å². The molecule has 0 saturated heterocycles. The highest BCUT2D eigenvalue weighted by Gasteiger charge is 2.26. The summed E-state index contributed by atoms with van der Waals surface area (Å²) >= 11 is 0. The van der Waals surface area contributed by atoms with E-state index in [0.29, 0.717) is 13.1 Å². The molecule has 0 unspecified atom stereocenters. The molecule has 0 saturated carbocycles. The Morgan fingerprint density at radius 3 is 2.85 bits per heavy atom. The van der Waals surface area contributed by atoms with Crippen LogP contribution in [0.4, 0.5) is 5.69 Å². The van der Waals surface area contributed by atoms with Crippen LogP contribution in [0.25, 0.3) is 0 Å². The molecular formula is C15H24N2O2S. The first-order valence-corrected chi connectivity index (χ1v) is 8.96. The number of fused-ring (bicyclic) bond motifs is 1. The van der Waals surface area contributed by atoms with E-state index >= 15 is 0 Å². The molecule has 0 aliphatic carbocycles. The van der Waals surface area contributed by atoms with Gasteiger partial charge in [0.05, 0.1) is 11.4 Å². The normalized spacial score (nSPS) is 15.2. The summed E-state index contributed by atoms with van der Waals surface area (Å²) in [4.78, 5) is 0. The van der Waals surface area contributed by atoms with Gasteiger partial charge in [-0.15, -0.1) is 0 Å². The molecule has 1 aromatic carbocycles. The molecule has 1 aliphatic rings. The highest BCUT2D eigenvalue weighted by Crippen LogP contribution is 2.30. The Kier molecular flexibility index (Phi) is 5.05. The molecule has 1 N–H and O–H groups in total. The average molecular weight is 296 g/mol. The Morgan fingerprint density at radius 1 is 1.30 bits per heavy atom. The zero-order valence-electron chi connectivity index (χ0n) is 12.4. The first-order chi connectivity index (χ1) is 9.54. The summed E-state index contributed by atoms with van der Waals surface area (Å²) in [6.07, 6.45) is 2.89. The van der Waals surface area contributed by atoms with E-state index in [4.69, 9.17) is 0 Å². The summed E-state index contributed by atoms with van der Waals surface area (Å²) in [5, 5.41) is 3.16. The lowest BCUT2D eigenvalue weighted by atomic mass is 10.0. The third-order valence-electron chi connectivity index (χ3n) is 3.61. The van der Waals surface area contributed by atoms with Crippen molar-refractivity contribution in [2.45, 2.75) is 33.1 Å². The maximum Gasteiger partial charge on any atom is 0.236 e. The van der Waals surface area contributed by atoms with Crippen molar-refractivity contribution in [2.75, 3.05) is 29.7 Å². The second-order valence-corrected chi connectivity index (χ2v) is 7.39. The van der Waals surface area contributed by atoms with Gasteiger partial charge in [-0.1, -0.05) is 24.6 Å². The van der Waals surface area contributed by atoms with Crippen molar-refractivity contribution in [2.24, 2.45) is 0 Å². The van der Waals surface area contributed by atoms with Crippen molar-refractivity contribution >= 4 is 15.7 Å². The number of nitrogens with one attached hydrogen (secondary N) is 1. The number of anilines is 1. The van der Waals surface area contributed by atoms with Crippen LogP contribution in [-0.2, 0) is 16.4 Å². The molecule has 0 aromatic heterocycles. The van der Waals surface area contributed by atoms with E-state index < -0.39 is 10.0 Å². The zero-order chi connectivity index (χ0) is 14.6. The first kappa shape index (κ1) is 15.3. The Balaban J connectivity index is 2.13. The summed E-state index contributed by atoms with van der Waals surface area (Å²) in [6.45, 7) is 6.11. The number of aryl methyl sites for hydroxylation is 2. The van der Waals surface area contributed by atoms with Gasteiger partial charge in [-0.2, -0.15) is 0 Å². The predicted octanol–water partition coefficient (Wildman–Crippen LogP) is 2.08. The Hall–Kier alpha value is -1.07. The van der Waals surface area contributed by atoms with Crippen LogP contribution in [0, 0.1) is 6.92 Å². The van der Waals surface area contributed by atoms with Gasteiger partial charge >= 0.3 is 0 Å². The van der Waals surface area contributed by atoms with Gasteiger partial charge in [0, 0.05) is 13.1 Å². The highest BCUT2D eigenvalue weighted by atomic mass is 32.2. The first-order valence-electron chi connectivity index (χ1n) is 7.35. The predicted molar refractivity (Wildman–Crippen MR) is 83.8 cm³/mol.